The van der Waals surface area contributed by atoms with Crippen molar-refractivity contribution in [3.8, 4) is 0 Å². The molecule has 2 fully saturated rings. The van der Waals surface area contributed by atoms with Crippen LogP contribution in [0.3, 0.4) is 0 Å². The van der Waals surface area contributed by atoms with Gasteiger partial charge in [-0.1, -0.05) is 0 Å². The number of piperazine rings is 1. The van der Waals surface area contributed by atoms with E-state index < -0.39 is 5.54 Å². The zero-order valence-corrected chi connectivity index (χ0v) is 9.44. The molecule has 1 unspecified atom stereocenters. The summed E-state index contributed by atoms with van der Waals surface area (Å²) >= 11 is 0. The zero-order valence-electron chi connectivity index (χ0n) is 9.44. The average molecular weight is 227 g/mol. The van der Waals surface area contributed by atoms with Gasteiger partial charge in [0.2, 0.25) is 11.8 Å². The smallest absolute Gasteiger partial charge is 0.245 e. The SMILES string of the molecule is CN1CCN(C(=O)C2(N)CCOC2)CC1=O. The van der Waals surface area contributed by atoms with E-state index in [1.165, 1.54) is 4.90 Å². The molecule has 0 spiro atoms. The van der Waals surface area contributed by atoms with E-state index in [4.69, 9.17) is 10.5 Å². The van der Waals surface area contributed by atoms with E-state index >= 15 is 0 Å². The zero-order chi connectivity index (χ0) is 11.8. The maximum atomic E-state index is 12.1. The minimum atomic E-state index is -0.920. The standard InChI is InChI=1S/C10H17N3O3/c1-12-3-4-13(6-8(12)14)9(15)10(11)2-5-16-7-10/h2-7,11H2,1H3. The molecule has 2 aliphatic rings. The Morgan fingerprint density at radius 1 is 1.50 bits per heavy atom. The quantitative estimate of drug-likeness (QED) is 0.585. The topological polar surface area (TPSA) is 75.9 Å². The predicted molar refractivity (Wildman–Crippen MR) is 56.6 cm³/mol. The highest BCUT2D eigenvalue weighted by atomic mass is 16.5. The van der Waals surface area contributed by atoms with Gasteiger partial charge in [-0.3, -0.25) is 9.59 Å². The van der Waals surface area contributed by atoms with Crippen LogP contribution in [0.25, 0.3) is 0 Å². The summed E-state index contributed by atoms with van der Waals surface area (Å²) in [6.45, 7) is 2.03. The van der Waals surface area contributed by atoms with Gasteiger partial charge in [0.05, 0.1) is 13.2 Å². The van der Waals surface area contributed by atoms with Gasteiger partial charge in [-0.2, -0.15) is 0 Å². The lowest BCUT2D eigenvalue weighted by Gasteiger charge is -2.36. The summed E-state index contributed by atoms with van der Waals surface area (Å²) < 4.78 is 5.15. The fourth-order valence-electron chi connectivity index (χ4n) is 2.00. The Labute approximate surface area is 94.3 Å². The average Bonchev–Trinajstić information content (AvgIpc) is 2.70. The first kappa shape index (κ1) is 11.3. The first-order valence-corrected chi connectivity index (χ1v) is 5.43. The van der Waals surface area contributed by atoms with Crippen LogP contribution in [0.15, 0.2) is 0 Å². The van der Waals surface area contributed by atoms with Gasteiger partial charge in [-0.25, -0.2) is 0 Å². The number of hydrogen-bond donors (Lipinski definition) is 1. The number of likely N-dealkylation sites (N-methyl/N-ethyl adjacent to an activating group) is 1. The van der Waals surface area contributed by atoms with Crippen LogP contribution < -0.4 is 5.73 Å². The molecule has 2 N–H and O–H groups in total. The fraction of sp³-hybridized carbons (Fsp3) is 0.800. The van der Waals surface area contributed by atoms with Crippen molar-refractivity contribution in [3.05, 3.63) is 0 Å². The normalized spacial score (nSPS) is 31.0. The summed E-state index contributed by atoms with van der Waals surface area (Å²) in [4.78, 5) is 26.8. The summed E-state index contributed by atoms with van der Waals surface area (Å²) in [5.41, 5.74) is 5.05. The molecule has 6 nitrogen and oxygen atoms in total. The summed E-state index contributed by atoms with van der Waals surface area (Å²) in [5, 5.41) is 0. The molecule has 90 valence electrons. The second kappa shape index (κ2) is 4.03. The molecule has 0 radical (unpaired) electrons. The molecular formula is C10H17N3O3. The van der Waals surface area contributed by atoms with Crippen LogP contribution in [0.4, 0.5) is 0 Å². The van der Waals surface area contributed by atoms with Crippen molar-refractivity contribution in [1.82, 2.24) is 9.80 Å². The number of carbonyl (C=O) groups is 2. The fourth-order valence-corrected chi connectivity index (χ4v) is 2.00. The number of nitrogens with zero attached hydrogens (tertiary/aromatic N) is 2. The van der Waals surface area contributed by atoms with Crippen LogP contribution in [0, 0.1) is 0 Å². The van der Waals surface area contributed by atoms with Crippen LogP contribution in [0.5, 0.6) is 0 Å². The molecule has 2 aliphatic heterocycles. The number of amides is 2. The van der Waals surface area contributed by atoms with E-state index in [1.54, 1.807) is 11.9 Å². The van der Waals surface area contributed by atoms with Crippen molar-refractivity contribution < 1.29 is 14.3 Å². The Balaban J connectivity index is 2.02. The van der Waals surface area contributed by atoms with Crippen LogP contribution in [-0.2, 0) is 14.3 Å². The van der Waals surface area contributed by atoms with Crippen LogP contribution in [0.1, 0.15) is 6.42 Å². The van der Waals surface area contributed by atoms with E-state index in [2.05, 4.69) is 0 Å². The number of ether oxygens (including phenoxy) is 1. The lowest BCUT2D eigenvalue weighted by molar-refractivity contribution is -0.147. The Kier molecular flexibility index (Phi) is 2.86. The summed E-state index contributed by atoms with van der Waals surface area (Å²) in [7, 11) is 1.74. The number of carbonyl (C=O) groups excluding carboxylic acids is 2. The Hall–Kier alpha value is -1.14. The third-order valence-electron chi connectivity index (χ3n) is 3.22. The molecule has 0 aromatic rings. The number of rotatable bonds is 1. The van der Waals surface area contributed by atoms with Crippen molar-refractivity contribution in [2.75, 3.05) is 39.9 Å². The van der Waals surface area contributed by atoms with Crippen LogP contribution >= 0.6 is 0 Å². The van der Waals surface area contributed by atoms with E-state index in [0.29, 0.717) is 26.1 Å². The van der Waals surface area contributed by atoms with E-state index in [1.807, 2.05) is 0 Å². The molecule has 2 rings (SSSR count). The molecule has 0 aliphatic carbocycles. The summed E-state index contributed by atoms with van der Waals surface area (Å²) in [5.74, 6) is -0.200. The van der Waals surface area contributed by atoms with E-state index in [9.17, 15) is 9.59 Å². The van der Waals surface area contributed by atoms with Gasteiger partial charge in [0.15, 0.2) is 0 Å². The molecule has 16 heavy (non-hydrogen) atoms. The van der Waals surface area contributed by atoms with Gasteiger partial charge in [0.1, 0.15) is 5.54 Å². The highest BCUT2D eigenvalue weighted by molar-refractivity contribution is 5.91. The molecule has 0 saturated carbocycles. The minimum Gasteiger partial charge on any atom is -0.379 e. The van der Waals surface area contributed by atoms with Gasteiger partial charge in [-0.05, 0) is 6.42 Å². The Morgan fingerprint density at radius 2 is 2.25 bits per heavy atom. The largest absolute Gasteiger partial charge is 0.379 e. The lowest BCUT2D eigenvalue weighted by Crippen LogP contribution is -2.60. The second-order valence-corrected chi connectivity index (χ2v) is 4.50. The lowest BCUT2D eigenvalue weighted by atomic mass is 9.98. The molecule has 2 saturated heterocycles. The predicted octanol–water partition coefficient (Wildman–Crippen LogP) is -1.60. The van der Waals surface area contributed by atoms with Gasteiger partial charge in [0, 0.05) is 26.7 Å². The molecule has 1 atom stereocenters. The van der Waals surface area contributed by atoms with Crippen molar-refractivity contribution in [1.29, 1.82) is 0 Å². The maximum Gasteiger partial charge on any atom is 0.245 e. The van der Waals surface area contributed by atoms with Crippen molar-refractivity contribution in [2.24, 2.45) is 5.73 Å². The maximum absolute atomic E-state index is 12.1. The summed E-state index contributed by atoms with van der Waals surface area (Å²) in [6, 6.07) is 0. The minimum absolute atomic E-state index is 0.0397. The Morgan fingerprint density at radius 3 is 2.81 bits per heavy atom. The molecule has 0 bridgehead atoms. The van der Waals surface area contributed by atoms with Gasteiger partial charge < -0.3 is 20.3 Å². The first-order valence-electron chi connectivity index (χ1n) is 5.43. The highest BCUT2D eigenvalue weighted by Gasteiger charge is 2.42. The molecule has 2 heterocycles. The summed E-state index contributed by atoms with van der Waals surface area (Å²) in [6.07, 6.45) is 0.534. The first-order chi connectivity index (χ1) is 7.53. The molecular weight excluding hydrogens is 210 g/mol. The molecule has 0 aromatic heterocycles. The molecule has 0 aromatic carbocycles. The van der Waals surface area contributed by atoms with Crippen LogP contribution in [-0.4, -0.2) is 67.0 Å². The van der Waals surface area contributed by atoms with Crippen LogP contribution in [0.2, 0.25) is 0 Å². The third-order valence-corrected chi connectivity index (χ3v) is 3.22. The van der Waals surface area contributed by atoms with Gasteiger partial charge in [-0.15, -0.1) is 0 Å². The van der Waals surface area contributed by atoms with E-state index in [-0.39, 0.29) is 25.0 Å². The Bertz CT molecular complexity index is 312. The third kappa shape index (κ3) is 1.90. The second-order valence-electron chi connectivity index (χ2n) is 4.50. The van der Waals surface area contributed by atoms with Crippen molar-refractivity contribution >= 4 is 11.8 Å². The molecule has 2 amide bonds. The number of hydrogen-bond acceptors (Lipinski definition) is 4. The van der Waals surface area contributed by atoms with Crippen molar-refractivity contribution in [3.63, 3.8) is 0 Å². The number of nitrogens with two attached hydrogens (primary N) is 1. The van der Waals surface area contributed by atoms with Crippen molar-refractivity contribution in [2.45, 2.75) is 12.0 Å². The van der Waals surface area contributed by atoms with Gasteiger partial charge >= 0.3 is 0 Å². The van der Waals surface area contributed by atoms with Gasteiger partial charge in [0.25, 0.3) is 0 Å². The molecule has 6 heteroatoms. The highest BCUT2D eigenvalue weighted by Crippen LogP contribution is 2.19. The van der Waals surface area contributed by atoms with E-state index in [0.717, 1.165) is 0 Å². The monoisotopic (exact) mass is 227 g/mol.